The molecule has 5 N–H and O–H groups in total. The van der Waals surface area contributed by atoms with Crippen molar-refractivity contribution in [2.24, 2.45) is 40.2 Å². The van der Waals surface area contributed by atoms with Crippen molar-refractivity contribution in [2.45, 2.75) is 132 Å². The maximum absolute atomic E-state index is 15.1. The molecule has 0 aliphatic heterocycles. The van der Waals surface area contributed by atoms with Crippen molar-refractivity contribution < 1.29 is 66.7 Å². The van der Waals surface area contributed by atoms with Gasteiger partial charge < -0.3 is 54.3 Å². The molecule has 6 atom stereocenters. The van der Waals surface area contributed by atoms with Crippen molar-refractivity contribution in [3.63, 3.8) is 0 Å². The lowest BCUT2D eigenvalue weighted by molar-refractivity contribution is -0.160. The zero-order valence-corrected chi connectivity index (χ0v) is 50.8. The van der Waals surface area contributed by atoms with E-state index in [0.29, 0.717) is 52.7 Å². The Hall–Kier alpha value is -5.87. The molecule has 3 amide bonds. The predicted octanol–water partition coefficient (Wildman–Crippen LogP) is 7.30. The van der Waals surface area contributed by atoms with E-state index in [1.165, 1.54) is 7.11 Å². The van der Waals surface area contributed by atoms with Gasteiger partial charge in [-0.3, -0.25) is 29.6 Å². The average Bonchev–Trinajstić information content (AvgIpc) is 3.44. The SMILES string of the molecule is COCCOCCOCCOCCOCCOC(=O)N[C@H](C(=O)C[C@@H](Cc1ccccc1)[C@H](CN(Cc1ccc(-c2ccccn2)cc1)NC(=O)[C@@H](CC(=O)OC)C(C)(C)C)OC(=O)[C@H](CC(C)C)NC(=O)[C@@H](N)CC(C)C)C(C)(C)C. The fourth-order valence-electron chi connectivity index (χ4n) is 8.94. The number of alkyl carbamates (subject to hydrolysis) is 1. The molecule has 1 aromatic heterocycles. The number of hydrogen-bond donors (Lipinski definition) is 4. The summed E-state index contributed by atoms with van der Waals surface area (Å²) in [6.07, 6.45) is 0.0730. The number of benzene rings is 2. The van der Waals surface area contributed by atoms with Gasteiger partial charge in [0.25, 0.3) is 0 Å². The van der Waals surface area contributed by atoms with E-state index in [2.05, 4.69) is 21.0 Å². The second-order valence-corrected chi connectivity index (χ2v) is 23.5. The van der Waals surface area contributed by atoms with Gasteiger partial charge in [-0.05, 0) is 65.2 Å². The van der Waals surface area contributed by atoms with Crippen LogP contribution in [0.15, 0.2) is 79.0 Å². The van der Waals surface area contributed by atoms with Gasteiger partial charge >= 0.3 is 18.0 Å². The highest BCUT2D eigenvalue weighted by Gasteiger charge is 2.40. The van der Waals surface area contributed by atoms with Crippen molar-refractivity contribution in [1.82, 2.24) is 26.1 Å². The maximum atomic E-state index is 15.1. The number of ketones is 1. The Labute approximate surface area is 487 Å². The number of hydrogen-bond acceptors (Lipinski definition) is 17. The summed E-state index contributed by atoms with van der Waals surface area (Å²) in [6, 6.07) is 19.6. The van der Waals surface area contributed by atoms with Crippen molar-refractivity contribution in [3.05, 3.63) is 90.1 Å². The summed E-state index contributed by atoms with van der Waals surface area (Å²) >= 11 is 0. The molecular formula is C62H96N6O14. The van der Waals surface area contributed by atoms with E-state index in [0.717, 1.165) is 22.4 Å². The van der Waals surface area contributed by atoms with Crippen molar-refractivity contribution in [3.8, 4) is 11.3 Å². The number of methoxy groups -OCH3 is 2. The second-order valence-electron chi connectivity index (χ2n) is 23.5. The van der Waals surface area contributed by atoms with Crippen molar-refractivity contribution in [1.29, 1.82) is 0 Å². The van der Waals surface area contributed by atoms with Gasteiger partial charge in [0.15, 0.2) is 5.78 Å². The fraction of sp³-hybridized carbons (Fsp3) is 0.629. The predicted molar refractivity (Wildman–Crippen MR) is 313 cm³/mol. The van der Waals surface area contributed by atoms with Crippen LogP contribution in [0.5, 0.6) is 0 Å². The van der Waals surface area contributed by atoms with E-state index in [-0.39, 0.29) is 76.2 Å². The van der Waals surface area contributed by atoms with Gasteiger partial charge in [-0.1, -0.05) is 130 Å². The summed E-state index contributed by atoms with van der Waals surface area (Å²) in [5, 5.41) is 7.31. The Morgan fingerprint density at radius 3 is 1.73 bits per heavy atom. The number of carbonyl (C=O) groups is 6. The minimum atomic E-state index is -1.17. The van der Waals surface area contributed by atoms with Crippen LogP contribution < -0.4 is 21.8 Å². The third-order valence-corrected chi connectivity index (χ3v) is 13.3. The van der Waals surface area contributed by atoms with Gasteiger partial charge in [0, 0.05) is 37.8 Å². The Balaban J connectivity index is 2.04. The first kappa shape index (κ1) is 70.4. The lowest BCUT2D eigenvalue weighted by atomic mass is 9.78. The van der Waals surface area contributed by atoms with Crippen LogP contribution in [-0.4, -0.2) is 157 Å². The maximum Gasteiger partial charge on any atom is 0.407 e. The summed E-state index contributed by atoms with van der Waals surface area (Å²) < 4.78 is 44.2. The number of aromatic nitrogens is 1. The van der Waals surface area contributed by atoms with Gasteiger partial charge in [0.1, 0.15) is 18.8 Å². The van der Waals surface area contributed by atoms with E-state index < -0.39 is 76.7 Å². The standard InChI is InChI=1S/C62H96N6O14/c1-43(2)36-50(63)58(72)65-52(37-44(3)4)59(73)82-54(42-68(67-57(71)49(61(5,6)7)40-55(70)76-12)41-46-21-23-47(24-22-46)51-20-16-17-25-64-51)48(38-45-18-14-13-15-19-45)39-53(69)56(62(8,9)10)66-60(74)81-35-34-80-33-32-79-31-30-78-29-28-77-27-26-75-11/h13-25,43-44,48-50,52,54,56H,26-42,63H2,1-12H3,(H,65,72)(H,66,74)(H,67,71)/t48-,49-,50+,52+,54+,56-/m1/s1. The van der Waals surface area contributed by atoms with Crippen molar-refractivity contribution in [2.75, 3.05) is 86.8 Å². The summed E-state index contributed by atoms with van der Waals surface area (Å²) in [5.41, 5.74) is 11.1. The molecule has 0 saturated heterocycles. The minimum absolute atomic E-state index is 0.0778. The molecule has 82 heavy (non-hydrogen) atoms. The molecule has 0 spiro atoms. The van der Waals surface area contributed by atoms with Gasteiger partial charge in [0.2, 0.25) is 11.8 Å². The number of rotatable bonds is 39. The van der Waals surface area contributed by atoms with Crippen LogP contribution in [0, 0.1) is 34.5 Å². The molecule has 3 rings (SSSR count). The van der Waals surface area contributed by atoms with Gasteiger partial charge in [-0.15, -0.1) is 0 Å². The van der Waals surface area contributed by atoms with E-state index in [1.807, 2.05) is 142 Å². The summed E-state index contributed by atoms with van der Waals surface area (Å²) in [4.78, 5) is 89.2. The lowest BCUT2D eigenvalue weighted by Gasteiger charge is -2.37. The monoisotopic (exact) mass is 1150 g/mol. The zero-order valence-electron chi connectivity index (χ0n) is 50.8. The molecule has 1 heterocycles. The smallest absolute Gasteiger partial charge is 0.407 e. The quantitative estimate of drug-likeness (QED) is 0.0189. The van der Waals surface area contributed by atoms with E-state index in [1.54, 1.807) is 18.3 Å². The molecule has 0 aliphatic rings. The highest BCUT2D eigenvalue weighted by atomic mass is 16.6. The molecule has 0 bridgehead atoms. The van der Waals surface area contributed by atoms with Crippen LogP contribution in [0.2, 0.25) is 0 Å². The molecule has 0 aliphatic carbocycles. The number of esters is 2. The zero-order chi connectivity index (χ0) is 60.7. The molecule has 3 aromatic rings. The van der Waals surface area contributed by atoms with Gasteiger partial charge in [0.05, 0.1) is 103 Å². The number of ether oxygens (including phenoxy) is 8. The van der Waals surface area contributed by atoms with Crippen molar-refractivity contribution >= 4 is 35.6 Å². The van der Waals surface area contributed by atoms with Crippen LogP contribution in [0.1, 0.15) is 106 Å². The average molecular weight is 1150 g/mol. The van der Waals surface area contributed by atoms with Crippen LogP contribution in [-0.2, 0) is 74.8 Å². The molecule has 458 valence electrons. The number of hydrazine groups is 1. The lowest BCUT2D eigenvalue weighted by Crippen LogP contribution is -2.54. The molecule has 0 fully saturated rings. The summed E-state index contributed by atoms with van der Waals surface area (Å²) in [6.45, 7) is 21.9. The molecular weight excluding hydrogens is 1050 g/mol. The Kier molecular flexibility index (Phi) is 32.1. The van der Waals surface area contributed by atoms with Crippen LogP contribution in [0.3, 0.4) is 0 Å². The second kappa shape index (κ2) is 37.4. The topological polar surface area (TPSA) is 254 Å². The highest BCUT2D eigenvalue weighted by molar-refractivity contribution is 5.89. The number of pyridine rings is 1. The van der Waals surface area contributed by atoms with E-state index >= 15 is 4.79 Å². The summed E-state index contributed by atoms with van der Waals surface area (Å²) in [7, 11) is 2.88. The third kappa shape index (κ3) is 27.9. The first-order chi connectivity index (χ1) is 38.9. The summed E-state index contributed by atoms with van der Waals surface area (Å²) in [5.74, 6) is -4.34. The number of carbonyl (C=O) groups excluding carboxylic acids is 6. The van der Waals surface area contributed by atoms with E-state index in [4.69, 9.17) is 43.6 Å². The fourth-order valence-corrected chi connectivity index (χ4v) is 8.94. The number of nitrogens with zero attached hydrogens (tertiary/aromatic N) is 2. The Bertz CT molecular complexity index is 2330. The molecule has 20 heteroatoms. The Morgan fingerprint density at radius 1 is 0.634 bits per heavy atom. The molecule has 0 unspecified atom stereocenters. The number of amides is 3. The highest BCUT2D eigenvalue weighted by Crippen LogP contribution is 2.31. The van der Waals surface area contributed by atoms with Gasteiger partial charge in [-0.25, -0.2) is 14.6 Å². The normalized spacial score (nSPS) is 14.1. The molecule has 2 aromatic carbocycles. The number of nitrogens with two attached hydrogens (primary N) is 1. The Morgan fingerprint density at radius 2 is 1.21 bits per heavy atom. The van der Waals surface area contributed by atoms with Gasteiger partial charge in [-0.2, -0.15) is 0 Å². The van der Waals surface area contributed by atoms with Crippen LogP contribution in [0.25, 0.3) is 11.3 Å². The molecule has 0 radical (unpaired) electrons. The van der Waals surface area contributed by atoms with Crippen LogP contribution >= 0.6 is 0 Å². The largest absolute Gasteiger partial charge is 0.469 e. The van der Waals surface area contributed by atoms with Crippen LogP contribution in [0.4, 0.5) is 4.79 Å². The number of nitrogens with one attached hydrogen (secondary N) is 3. The third-order valence-electron chi connectivity index (χ3n) is 13.3. The minimum Gasteiger partial charge on any atom is -0.469 e. The number of Topliss-reactive ketones (excluding diaryl/α,β-unsaturated/α-hetero) is 1. The first-order valence-electron chi connectivity index (χ1n) is 28.6. The first-order valence-corrected chi connectivity index (χ1v) is 28.6. The molecule has 0 saturated carbocycles. The molecule has 20 nitrogen and oxygen atoms in total. The van der Waals surface area contributed by atoms with E-state index in [9.17, 15) is 24.0 Å².